The Morgan fingerprint density at radius 1 is 1.32 bits per heavy atom. The number of nitrogens with one attached hydrogen (secondary N) is 1. The van der Waals surface area contributed by atoms with Crippen molar-refractivity contribution in [3.8, 4) is 0 Å². The lowest BCUT2D eigenvalue weighted by Gasteiger charge is -2.05. The summed E-state index contributed by atoms with van der Waals surface area (Å²) in [6.45, 7) is 1.30. The molecule has 0 amide bonds. The van der Waals surface area contributed by atoms with Gasteiger partial charge in [-0.3, -0.25) is 4.21 Å². The van der Waals surface area contributed by atoms with E-state index in [0.29, 0.717) is 12.5 Å². The Balaban J connectivity index is 0.00000242. The summed E-state index contributed by atoms with van der Waals surface area (Å²) < 4.78 is 11.3. The summed E-state index contributed by atoms with van der Waals surface area (Å²) in [6, 6.07) is 11.7. The third-order valence-electron chi connectivity index (χ3n) is 2.94. The minimum absolute atomic E-state index is 0. The molecule has 0 radical (unpaired) electrons. The highest BCUT2D eigenvalue weighted by atomic mass is 127. The quantitative estimate of drug-likeness (QED) is 0.405. The summed E-state index contributed by atoms with van der Waals surface area (Å²) in [7, 11) is -0.941. The normalized spacial score (nSPS) is 12.5. The van der Waals surface area contributed by atoms with E-state index in [1.54, 1.807) is 17.6 Å². The number of nitrogens with two attached hydrogens (primary N) is 1. The number of hydrogen-bond acceptors (Lipinski definition) is 3. The molecule has 1 atom stereocenters. The highest BCUT2D eigenvalue weighted by Gasteiger charge is 1.98. The highest BCUT2D eigenvalue weighted by molar-refractivity contribution is 14.0. The van der Waals surface area contributed by atoms with Gasteiger partial charge in [-0.1, -0.05) is 18.2 Å². The fourth-order valence-corrected chi connectivity index (χ4v) is 3.02. The number of halogens is 1. The molecule has 120 valence electrons. The van der Waals surface area contributed by atoms with Crippen LogP contribution in [-0.2, 0) is 23.8 Å². The Morgan fingerprint density at radius 2 is 2.05 bits per heavy atom. The molecule has 22 heavy (non-hydrogen) atoms. The Kier molecular flexibility index (Phi) is 8.66. The molecule has 0 spiro atoms. The number of benzene rings is 1. The van der Waals surface area contributed by atoms with E-state index in [9.17, 15) is 4.21 Å². The van der Waals surface area contributed by atoms with Gasteiger partial charge in [0.1, 0.15) is 0 Å². The maximum absolute atomic E-state index is 11.3. The van der Waals surface area contributed by atoms with E-state index in [0.717, 1.165) is 23.4 Å². The highest BCUT2D eigenvalue weighted by Crippen LogP contribution is 2.09. The van der Waals surface area contributed by atoms with Crippen LogP contribution in [0.5, 0.6) is 0 Å². The topological polar surface area (TPSA) is 67.5 Å². The predicted molar refractivity (Wildman–Crippen MR) is 106 cm³/mol. The van der Waals surface area contributed by atoms with E-state index >= 15 is 0 Å². The first-order chi connectivity index (χ1) is 10.1. The largest absolute Gasteiger partial charge is 0.370 e. The lowest BCUT2D eigenvalue weighted by Crippen LogP contribution is -2.33. The molecule has 2 aromatic rings. The molecule has 4 nitrogen and oxygen atoms in total. The molecule has 0 aliphatic heterocycles. The van der Waals surface area contributed by atoms with Crippen LogP contribution in [-0.4, -0.2) is 23.0 Å². The summed E-state index contributed by atoms with van der Waals surface area (Å²) in [5.74, 6) is 0.453. The van der Waals surface area contributed by atoms with Crippen molar-refractivity contribution in [3.05, 3.63) is 52.2 Å². The van der Waals surface area contributed by atoms with Crippen LogP contribution in [0.15, 0.2) is 51.7 Å². The van der Waals surface area contributed by atoms with Crippen molar-refractivity contribution < 1.29 is 4.21 Å². The van der Waals surface area contributed by atoms with Crippen LogP contribution in [0.3, 0.4) is 0 Å². The van der Waals surface area contributed by atoms with Crippen LogP contribution in [0.1, 0.15) is 10.4 Å². The second-order valence-corrected chi connectivity index (χ2v) is 6.97. The standard InChI is InChI=1S/C15H19N3OS2.HI/c1-21(19)14-6-4-12(5-7-14)11-18-15(16)17-9-8-13-3-2-10-20-13;/h2-7,10H,8-9,11H2,1H3,(H3,16,17,18);1H. The van der Waals surface area contributed by atoms with Gasteiger partial charge in [0, 0.05) is 33.4 Å². The van der Waals surface area contributed by atoms with Crippen LogP contribution in [0.25, 0.3) is 0 Å². The van der Waals surface area contributed by atoms with Crippen molar-refractivity contribution in [2.45, 2.75) is 17.9 Å². The van der Waals surface area contributed by atoms with Gasteiger partial charge in [0.05, 0.1) is 6.54 Å². The van der Waals surface area contributed by atoms with Gasteiger partial charge < -0.3 is 11.1 Å². The number of hydrogen-bond donors (Lipinski definition) is 2. The van der Waals surface area contributed by atoms with E-state index in [1.165, 1.54) is 4.88 Å². The fourth-order valence-electron chi connectivity index (χ4n) is 1.79. The van der Waals surface area contributed by atoms with Gasteiger partial charge in [0.15, 0.2) is 5.96 Å². The molecule has 0 aliphatic carbocycles. The molecule has 1 unspecified atom stereocenters. The van der Waals surface area contributed by atoms with Crippen molar-refractivity contribution in [2.75, 3.05) is 12.8 Å². The van der Waals surface area contributed by atoms with E-state index in [-0.39, 0.29) is 24.0 Å². The second-order valence-electron chi connectivity index (χ2n) is 4.56. The smallest absolute Gasteiger partial charge is 0.188 e. The molecule has 3 N–H and O–H groups in total. The molecule has 0 saturated carbocycles. The maximum atomic E-state index is 11.3. The molecule has 1 aromatic carbocycles. The number of aliphatic imine (C=N–C) groups is 1. The summed E-state index contributed by atoms with van der Waals surface area (Å²) in [4.78, 5) is 6.45. The zero-order chi connectivity index (χ0) is 15.1. The van der Waals surface area contributed by atoms with E-state index in [4.69, 9.17) is 5.73 Å². The Morgan fingerprint density at radius 3 is 2.64 bits per heavy atom. The van der Waals surface area contributed by atoms with Crippen molar-refractivity contribution in [1.29, 1.82) is 0 Å². The van der Waals surface area contributed by atoms with Gasteiger partial charge in [0.2, 0.25) is 0 Å². The molecular weight excluding hydrogens is 429 g/mol. The van der Waals surface area contributed by atoms with Crippen LogP contribution < -0.4 is 11.1 Å². The summed E-state index contributed by atoms with van der Waals surface area (Å²) in [5.41, 5.74) is 6.88. The van der Waals surface area contributed by atoms with Crippen LogP contribution in [0.4, 0.5) is 0 Å². The fraction of sp³-hybridized carbons (Fsp3) is 0.267. The molecule has 1 aromatic heterocycles. The summed E-state index contributed by atoms with van der Waals surface area (Å²) in [6.07, 6.45) is 2.62. The number of thiophene rings is 1. The molecular formula is C15H20IN3OS2. The van der Waals surface area contributed by atoms with Crippen molar-refractivity contribution in [3.63, 3.8) is 0 Å². The van der Waals surface area contributed by atoms with Gasteiger partial charge in [-0.2, -0.15) is 0 Å². The lowest BCUT2D eigenvalue weighted by atomic mass is 10.2. The molecule has 1 heterocycles. The van der Waals surface area contributed by atoms with Crippen LogP contribution >= 0.6 is 35.3 Å². The zero-order valence-electron chi connectivity index (χ0n) is 12.3. The summed E-state index contributed by atoms with van der Waals surface area (Å²) >= 11 is 1.74. The van der Waals surface area contributed by atoms with Gasteiger partial charge >= 0.3 is 0 Å². The average Bonchev–Trinajstić information content (AvgIpc) is 2.99. The zero-order valence-corrected chi connectivity index (χ0v) is 16.3. The predicted octanol–water partition coefficient (Wildman–Crippen LogP) is 2.75. The SMILES string of the molecule is CS(=O)c1ccc(CN=C(N)NCCc2cccs2)cc1.I. The number of nitrogens with zero attached hydrogens (tertiary/aromatic N) is 1. The third-order valence-corrected chi connectivity index (χ3v) is 4.82. The average molecular weight is 449 g/mol. The van der Waals surface area contributed by atoms with Gasteiger partial charge in [-0.05, 0) is 35.6 Å². The molecule has 0 saturated heterocycles. The minimum atomic E-state index is -0.941. The molecule has 0 aliphatic rings. The first kappa shape index (κ1) is 19.1. The number of rotatable bonds is 6. The minimum Gasteiger partial charge on any atom is -0.370 e. The second kappa shape index (κ2) is 9.96. The Bertz CT molecular complexity index is 612. The third kappa shape index (κ3) is 6.45. The van der Waals surface area contributed by atoms with Gasteiger partial charge in [-0.15, -0.1) is 35.3 Å². The monoisotopic (exact) mass is 449 g/mol. The van der Waals surface area contributed by atoms with Crippen LogP contribution in [0.2, 0.25) is 0 Å². The number of guanidine groups is 1. The van der Waals surface area contributed by atoms with Gasteiger partial charge in [0.25, 0.3) is 0 Å². The maximum Gasteiger partial charge on any atom is 0.188 e. The van der Waals surface area contributed by atoms with Crippen LogP contribution in [0, 0.1) is 0 Å². The van der Waals surface area contributed by atoms with E-state index < -0.39 is 10.8 Å². The first-order valence-corrected chi connectivity index (χ1v) is 9.07. The molecule has 0 fully saturated rings. The van der Waals surface area contributed by atoms with Gasteiger partial charge in [-0.25, -0.2) is 4.99 Å². The van der Waals surface area contributed by atoms with Crippen molar-refractivity contribution in [1.82, 2.24) is 5.32 Å². The van der Waals surface area contributed by atoms with E-state index in [2.05, 4.69) is 21.8 Å². The molecule has 0 bridgehead atoms. The Labute approximate surface area is 154 Å². The van der Waals surface area contributed by atoms with E-state index in [1.807, 2.05) is 30.3 Å². The first-order valence-electron chi connectivity index (χ1n) is 6.63. The lowest BCUT2D eigenvalue weighted by molar-refractivity contribution is 0.687. The Hall–Kier alpha value is -0.930. The van der Waals surface area contributed by atoms with Crippen molar-refractivity contribution in [2.24, 2.45) is 10.7 Å². The molecule has 2 rings (SSSR count). The van der Waals surface area contributed by atoms with Crippen molar-refractivity contribution >= 4 is 52.1 Å². The molecule has 7 heteroatoms. The summed E-state index contributed by atoms with van der Waals surface area (Å²) in [5, 5.41) is 5.18.